The highest BCUT2D eigenvalue weighted by molar-refractivity contribution is 7.92. The summed E-state index contributed by atoms with van der Waals surface area (Å²) in [5, 5.41) is 7.17. The molecule has 0 radical (unpaired) electrons. The fourth-order valence-electron chi connectivity index (χ4n) is 4.09. The zero-order valence-electron chi connectivity index (χ0n) is 20.6. The van der Waals surface area contributed by atoms with Crippen molar-refractivity contribution in [2.24, 2.45) is 0 Å². The Hall–Kier alpha value is -3.49. The third kappa shape index (κ3) is 6.57. The van der Waals surface area contributed by atoms with E-state index in [0.29, 0.717) is 11.2 Å². The van der Waals surface area contributed by atoms with E-state index in [1.165, 1.54) is 29.0 Å². The van der Waals surface area contributed by atoms with E-state index in [1.54, 1.807) is 18.3 Å². The van der Waals surface area contributed by atoms with E-state index in [4.69, 9.17) is 16.3 Å². The molecule has 1 saturated heterocycles. The SMILES string of the molecule is O=C(Nc1ccc(-n2ccc3cc(NCCN4CCOCC4)ccc3c2=O)nc1)NS(=O)(=O)c1ccc(Cl)s1. The van der Waals surface area contributed by atoms with Crippen molar-refractivity contribution < 1.29 is 17.9 Å². The molecule has 4 heterocycles. The molecule has 0 unspecified atom stereocenters. The summed E-state index contributed by atoms with van der Waals surface area (Å²) >= 11 is 6.61. The van der Waals surface area contributed by atoms with Crippen LogP contribution in [0.4, 0.5) is 16.2 Å². The van der Waals surface area contributed by atoms with Gasteiger partial charge in [-0.25, -0.2) is 22.9 Å². The largest absolute Gasteiger partial charge is 0.384 e. The molecule has 0 bridgehead atoms. The first-order valence-electron chi connectivity index (χ1n) is 12.0. The summed E-state index contributed by atoms with van der Waals surface area (Å²) in [4.78, 5) is 32.0. The quantitative estimate of drug-likeness (QED) is 0.285. The lowest BCUT2D eigenvalue weighted by Gasteiger charge is -2.26. The number of anilines is 2. The molecule has 0 spiro atoms. The molecule has 1 fully saturated rings. The molecule has 1 aliphatic heterocycles. The number of benzene rings is 1. The fourth-order valence-corrected chi connectivity index (χ4v) is 6.48. The summed E-state index contributed by atoms with van der Waals surface area (Å²) in [7, 11) is -4.06. The van der Waals surface area contributed by atoms with Gasteiger partial charge in [-0.05, 0) is 53.9 Å². The average Bonchev–Trinajstić information content (AvgIpc) is 3.37. The lowest BCUT2D eigenvalue weighted by molar-refractivity contribution is 0.0398. The van der Waals surface area contributed by atoms with Crippen LogP contribution in [0.5, 0.6) is 0 Å². The Kier molecular flexibility index (Phi) is 8.14. The summed E-state index contributed by atoms with van der Waals surface area (Å²) in [5.74, 6) is 0.349. The topological polar surface area (TPSA) is 135 Å². The number of nitrogens with zero attached hydrogens (tertiary/aromatic N) is 3. The first kappa shape index (κ1) is 27.1. The van der Waals surface area contributed by atoms with Crippen LogP contribution in [0.3, 0.4) is 0 Å². The van der Waals surface area contributed by atoms with Gasteiger partial charge in [0, 0.05) is 43.4 Å². The third-order valence-electron chi connectivity index (χ3n) is 6.06. The summed E-state index contributed by atoms with van der Waals surface area (Å²) in [6.07, 6.45) is 2.98. The van der Waals surface area contributed by atoms with E-state index in [2.05, 4.69) is 20.5 Å². The minimum absolute atomic E-state index is 0.0808. The molecule has 204 valence electrons. The van der Waals surface area contributed by atoms with Crippen LogP contribution in [0.25, 0.3) is 16.6 Å². The van der Waals surface area contributed by atoms with Crippen molar-refractivity contribution in [3.8, 4) is 5.82 Å². The van der Waals surface area contributed by atoms with Gasteiger partial charge in [-0.1, -0.05) is 11.6 Å². The van der Waals surface area contributed by atoms with Crippen molar-refractivity contribution >= 4 is 61.1 Å². The molecule has 2 amide bonds. The summed E-state index contributed by atoms with van der Waals surface area (Å²) < 4.78 is 33.5. The van der Waals surface area contributed by atoms with E-state index >= 15 is 0 Å². The van der Waals surface area contributed by atoms with Crippen molar-refractivity contribution in [2.75, 3.05) is 50.0 Å². The second-order valence-corrected chi connectivity index (χ2v) is 12.3. The zero-order chi connectivity index (χ0) is 27.4. The van der Waals surface area contributed by atoms with E-state index in [9.17, 15) is 18.0 Å². The number of ether oxygens (including phenoxy) is 1. The normalized spacial score (nSPS) is 14.3. The van der Waals surface area contributed by atoms with E-state index < -0.39 is 16.1 Å². The molecule has 11 nitrogen and oxygen atoms in total. The molecule has 5 rings (SSSR count). The van der Waals surface area contributed by atoms with Gasteiger partial charge in [0.2, 0.25) is 0 Å². The number of carbonyl (C=O) groups excluding carboxylic acids is 1. The van der Waals surface area contributed by atoms with Crippen LogP contribution in [-0.2, 0) is 14.8 Å². The van der Waals surface area contributed by atoms with Gasteiger partial charge < -0.3 is 15.4 Å². The smallest absolute Gasteiger partial charge is 0.333 e. The summed E-state index contributed by atoms with van der Waals surface area (Å²) in [5.41, 5.74) is 0.945. The number of nitrogens with one attached hydrogen (secondary N) is 3. The molecule has 3 N–H and O–H groups in total. The van der Waals surface area contributed by atoms with Crippen LogP contribution in [0.1, 0.15) is 0 Å². The van der Waals surface area contributed by atoms with E-state index in [1.807, 2.05) is 22.9 Å². The fraction of sp³-hybridized carbons (Fsp3) is 0.240. The van der Waals surface area contributed by atoms with Gasteiger partial charge in [0.25, 0.3) is 15.6 Å². The Bertz CT molecular complexity index is 1650. The molecule has 14 heteroatoms. The van der Waals surface area contributed by atoms with Crippen LogP contribution in [0, 0.1) is 0 Å². The minimum Gasteiger partial charge on any atom is -0.384 e. The maximum atomic E-state index is 13.1. The van der Waals surface area contributed by atoms with Gasteiger partial charge in [-0.3, -0.25) is 14.3 Å². The van der Waals surface area contributed by atoms with Crippen LogP contribution in [-0.4, -0.2) is 68.3 Å². The Morgan fingerprint density at radius 1 is 1.08 bits per heavy atom. The van der Waals surface area contributed by atoms with Crippen LogP contribution >= 0.6 is 22.9 Å². The number of hydrogen-bond donors (Lipinski definition) is 3. The average molecular weight is 589 g/mol. The minimum atomic E-state index is -4.06. The van der Waals surface area contributed by atoms with Crippen molar-refractivity contribution in [3.05, 3.63) is 75.6 Å². The molecule has 0 saturated carbocycles. The number of urea groups is 1. The third-order valence-corrected chi connectivity index (χ3v) is 9.11. The zero-order valence-corrected chi connectivity index (χ0v) is 23.0. The second-order valence-electron chi connectivity index (χ2n) is 8.70. The molecule has 3 aromatic heterocycles. The standard InChI is InChI=1S/C25H25ClN6O5S2/c26-21-4-6-23(38-21)39(35,36)30-25(34)29-19-2-5-22(28-16-19)32-9-7-17-15-18(1-3-20(17)24(32)33)27-8-10-31-11-13-37-14-12-31/h1-7,9,15-16,27H,8,10-14H2,(H2,29,30,34). The van der Waals surface area contributed by atoms with Gasteiger partial charge in [0.15, 0.2) is 0 Å². The molecule has 0 aliphatic carbocycles. The predicted octanol–water partition coefficient (Wildman–Crippen LogP) is 3.36. The molecule has 39 heavy (non-hydrogen) atoms. The Balaban J connectivity index is 1.23. The van der Waals surface area contributed by atoms with Gasteiger partial charge in [0.05, 0.1) is 29.4 Å². The monoisotopic (exact) mass is 588 g/mol. The Morgan fingerprint density at radius 2 is 1.87 bits per heavy atom. The molecular formula is C25H25ClN6O5S2. The van der Waals surface area contributed by atoms with Crippen molar-refractivity contribution in [2.45, 2.75) is 4.21 Å². The first-order chi connectivity index (χ1) is 18.8. The molecule has 1 aliphatic rings. The van der Waals surface area contributed by atoms with E-state index in [-0.39, 0.29) is 19.8 Å². The summed E-state index contributed by atoms with van der Waals surface area (Å²) in [6.45, 7) is 5.11. The van der Waals surface area contributed by atoms with Gasteiger partial charge in [-0.15, -0.1) is 11.3 Å². The van der Waals surface area contributed by atoms with Crippen LogP contribution in [0.2, 0.25) is 4.34 Å². The lowest BCUT2D eigenvalue weighted by Crippen LogP contribution is -2.39. The number of carbonyl (C=O) groups is 1. The highest BCUT2D eigenvalue weighted by Crippen LogP contribution is 2.25. The molecular weight excluding hydrogens is 564 g/mol. The number of thiophene rings is 1. The summed E-state index contributed by atoms with van der Waals surface area (Å²) in [6, 6.07) is 12.3. The number of rotatable bonds is 8. The maximum absolute atomic E-state index is 13.1. The molecule has 4 aromatic rings. The number of hydrogen-bond acceptors (Lipinski definition) is 9. The van der Waals surface area contributed by atoms with Gasteiger partial charge in [0.1, 0.15) is 10.0 Å². The number of aromatic nitrogens is 2. The number of pyridine rings is 2. The van der Waals surface area contributed by atoms with Gasteiger partial charge in [-0.2, -0.15) is 0 Å². The van der Waals surface area contributed by atoms with Crippen LogP contribution < -0.4 is 20.9 Å². The number of sulfonamides is 1. The molecule has 1 aromatic carbocycles. The maximum Gasteiger partial charge on any atom is 0.333 e. The van der Waals surface area contributed by atoms with Crippen molar-refractivity contribution in [1.82, 2.24) is 19.2 Å². The lowest BCUT2D eigenvalue weighted by atomic mass is 10.1. The van der Waals surface area contributed by atoms with Crippen molar-refractivity contribution in [3.63, 3.8) is 0 Å². The van der Waals surface area contributed by atoms with Gasteiger partial charge >= 0.3 is 6.03 Å². The number of halogens is 1. The van der Waals surface area contributed by atoms with E-state index in [0.717, 1.165) is 61.8 Å². The number of morpholine rings is 1. The first-order valence-corrected chi connectivity index (χ1v) is 14.7. The number of amides is 2. The predicted molar refractivity (Wildman–Crippen MR) is 152 cm³/mol. The van der Waals surface area contributed by atoms with Crippen LogP contribution in [0.15, 0.2) is 69.9 Å². The highest BCUT2D eigenvalue weighted by atomic mass is 35.5. The Labute approximate surface area is 233 Å². The second kappa shape index (κ2) is 11.7. The van der Waals surface area contributed by atoms with Crippen molar-refractivity contribution in [1.29, 1.82) is 0 Å². The molecule has 0 atom stereocenters. The highest BCUT2D eigenvalue weighted by Gasteiger charge is 2.20. The Morgan fingerprint density at radius 3 is 2.59 bits per heavy atom. The number of fused-ring (bicyclic) bond motifs is 1.